The standard InChI is InChI=1S/C20H30N6O3S/c1-16-23-19(14-20(24-16)26-11-9-25(2)10-12-26)21-15-17-4-6-18(7-5-17)30(27,28)22-8-13-29-3/h4-7,14,22H,8-13,15H2,1-3H3,(H,21,23,24). The highest BCUT2D eigenvalue weighted by molar-refractivity contribution is 7.89. The zero-order chi connectivity index (χ0) is 21.6. The number of nitrogens with zero attached hydrogens (tertiary/aromatic N) is 4. The number of nitrogens with one attached hydrogen (secondary N) is 2. The number of methoxy groups -OCH3 is 1. The number of hydrogen-bond donors (Lipinski definition) is 2. The molecule has 9 nitrogen and oxygen atoms in total. The summed E-state index contributed by atoms with van der Waals surface area (Å²) in [5.41, 5.74) is 0.961. The van der Waals surface area contributed by atoms with Gasteiger partial charge < -0.3 is 19.9 Å². The summed E-state index contributed by atoms with van der Waals surface area (Å²) < 4.78 is 31.9. The third-order valence-electron chi connectivity index (χ3n) is 4.96. The van der Waals surface area contributed by atoms with E-state index in [1.165, 1.54) is 7.11 Å². The Labute approximate surface area is 178 Å². The molecule has 30 heavy (non-hydrogen) atoms. The minimum atomic E-state index is -3.52. The van der Waals surface area contributed by atoms with Gasteiger partial charge in [0.05, 0.1) is 11.5 Å². The van der Waals surface area contributed by atoms with Crippen LogP contribution in [-0.2, 0) is 21.3 Å². The van der Waals surface area contributed by atoms with Crippen molar-refractivity contribution < 1.29 is 13.2 Å². The molecule has 2 heterocycles. The number of sulfonamides is 1. The van der Waals surface area contributed by atoms with Gasteiger partial charge in [-0.05, 0) is 31.7 Å². The first-order chi connectivity index (χ1) is 14.4. The second-order valence-electron chi connectivity index (χ2n) is 7.34. The summed E-state index contributed by atoms with van der Waals surface area (Å²) in [4.78, 5) is 13.9. The first kappa shape index (κ1) is 22.4. The van der Waals surface area contributed by atoms with Crippen LogP contribution in [0.5, 0.6) is 0 Å². The molecule has 0 amide bonds. The van der Waals surface area contributed by atoms with Crippen molar-refractivity contribution in [3.05, 3.63) is 41.7 Å². The normalized spacial score (nSPS) is 15.4. The Morgan fingerprint density at radius 2 is 1.80 bits per heavy atom. The molecule has 2 N–H and O–H groups in total. The van der Waals surface area contributed by atoms with Gasteiger partial charge in [-0.15, -0.1) is 0 Å². The van der Waals surface area contributed by atoms with E-state index in [0.717, 1.165) is 49.2 Å². The van der Waals surface area contributed by atoms with E-state index in [9.17, 15) is 8.42 Å². The van der Waals surface area contributed by atoms with Crippen molar-refractivity contribution in [2.75, 3.05) is 63.7 Å². The molecule has 164 valence electrons. The molecule has 0 aliphatic carbocycles. The molecule has 1 aromatic carbocycles. The highest BCUT2D eigenvalue weighted by Crippen LogP contribution is 2.18. The monoisotopic (exact) mass is 434 g/mol. The summed E-state index contributed by atoms with van der Waals surface area (Å²) >= 11 is 0. The SMILES string of the molecule is COCCNS(=O)(=O)c1ccc(CNc2cc(N3CCN(C)CC3)nc(C)n2)cc1. The molecular weight excluding hydrogens is 404 g/mol. The summed E-state index contributed by atoms with van der Waals surface area (Å²) in [5, 5.41) is 3.32. The average molecular weight is 435 g/mol. The molecule has 0 bridgehead atoms. The summed E-state index contributed by atoms with van der Waals surface area (Å²) in [7, 11) is 0.134. The van der Waals surface area contributed by atoms with Gasteiger partial charge >= 0.3 is 0 Å². The molecule has 1 saturated heterocycles. The lowest BCUT2D eigenvalue weighted by Gasteiger charge is -2.33. The largest absolute Gasteiger partial charge is 0.383 e. The Kier molecular flexibility index (Phi) is 7.59. The first-order valence-electron chi connectivity index (χ1n) is 9.98. The van der Waals surface area contributed by atoms with Crippen LogP contribution in [0, 0.1) is 6.92 Å². The highest BCUT2D eigenvalue weighted by Gasteiger charge is 2.17. The summed E-state index contributed by atoms with van der Waals surface area (Å²) in [6.45, 7) is 6.92. The molecular formula is C20H30N6O3S. The maximum atomic E-state index is 12.2. The molecule has 1 aromatic heterocycles. The van der Waals surface area contributed by atoms with E-state index in [1.54, 1.807) is 24.3 Å². The van der Waals surface area contributed by atoms with Gasteiger partial charge in [0.25, 0.3) is 0 Å². The number of anilines is 2. The average Bonchev–Trinajstić information content (AvgIpc) is 2.73. The Bertz CT molecular complexity index is 928. The molecule has 10 heteroatoms. The van der Waals surface area contributed by atoms with Crippen LogP contribution in [0.15, 0.2) is 35.2 Å². The molecule has 0 atom stereocenters. The lowest BCUT2D eigenvalue weighted by atomic mass is 10.2. The van der Waals surface area contributed by atoms with Crippen LogP contribution in [0.4, 0.5) is 11.6 Å². The van der Waals surface area contributed by atoms with Crippen molar-refractivity contribution in [1.82, 2.24) is 19.6 Å². The minimum Gasteiger partial charge on any atom is -0.383 e. The van der Waals surface area contributed by atoms with Crippen LogP contribution in [-0.4, -0.2) is 76.8 Å². The maximum absolute atomic E-state index is 12.2. The lowest BCUT2D eigenvalue weighted by molar-refractivity contribution is 0.204. The van der Waals surface area contributed by atoms with Crippen molar-refractivity contribution in [3.8, 4) is 0 Å². The number of hydrogen-bond acceptors (Lipinski definition) is 8. The van der Waals surface area contributed by atoms with Crippen LogP contribution in [0.3, 0.4) is 0 Å². The fourth-order valence-corrected chi connectivity index (χ4v) is 4.19. The Morgan fingerprint density at radius 1 is 1.10 bits per heavy atom. The van der Waals surface area contributed by atoms with Crippen LogP contribution < -0.4 is 14.9 Å². The molecule has 1 fully saturated rings. The molecule has 1 aliphatic rings. The van der Waals surface area contributed by atoms with Gasteiger partial charge in [-0.3, -0.25) is 0 Å². The van der Waals surface area contributed by atoms with Crippen molar-refractivity contribution in [3.63, 3.8) is 0 Å². The predicted octanol–water partition coefficient (Wildman–Crippen LogP) is 1.07. The topological polar surface area (TPSA) is 99.7 Å². The van der Waals surface area contributed by atoms with Gasteiger partial charge in [0, 0.05) is 52.4 Å². The van der Waals surface area contributed by atoms with Crippen LogP contribution in [0.2, 0.25) is 0 Å². The lowest BCUT2D eigenvalue weighted by Crippen LogP contribution is -2.44. The van der Waals surface area contributed by atoms with Gasteiger partial charge in [0.1, 0.15) is 17.5 Å². The summed E-state index contributed by atoms with van der Waals surface area (Å²) in [6.07, 6.45) is 0. The van der Waals surface area contributed by atoms with Crippen molar-refractivity contribution in [2.45, 2.75) is 18.4 Å². The van der Waals surface area contributed by atoms with Crippen LogP contribution in [0.1, 0.15) is 11.4 Å². The molecule has 0 radical (unpaired) electrons. The number of aromatic nitrogens is 2. The fraction of sp³-hybridized carbons (Fsp3) is 0.500. The zero-order valence-electron chi connectivity index (χ0n) is 17.8. The number of benzene rings is 1. The molecule has 2 aromatic rings. The third kappa shape index (κ3) is 6.11. The van der Waals surface area contributed by atoms with E-state index in [-0.39, 0.29) is 11.4 Å². The van der Waals surface area contributed by atoms with Crippen molar-refractivity contribution in [2.24, 2.45) is 0 Å². The van der Waals surface area contributed by atoms with Gasteiger partial charge in [-0.1, -0.05) is 12.1 Å². The quantitative estimate of drug-likeness (QED) is 0.566. The van der Waals surface area contributed by atoms with E-state index in [0.29, 0.717) is 13.2 Å². The predicted molar refractivity (Wildman–Crippen MR) is 117 cm³/mol. The van der Waals surface area contributed by atoms with Gasteiger partial charge in [0.15, 0.2) is 0 Å². The van der Waals surface area contributed by atoms with Crippen LogP contribution in [0.25, 0.3) is 0 Å². The van der Waals surface area contributed by atoms with E-state index in [2.05, 4.69) is 36.9 Å². The zero-order valence-corrected chi connectivity index (χ0v) is 18.6. The molecule has 0 unspecified atom stereocenters. The molecule has 1 aliphatic heterocycles. The second kappa shape index (κ2) is 10.2. The molecule has 3 rings (SSSR count). The number of aryl methyl sites for hydroxylation is 1. The third-order valence-corrected chi connectivity index (χ3v) is 6.43. The van der Waals surface area contributed by atoms with Gasteiger partial charge in [-0.25, -0.2) is 23.1 Å². The Morgan fingerprint density at radius 3 is 2.47 bits per heavy atom. The molecule has 0 saturated carbocycles. The molecule has 0 spiro atoms. The second-order valence-corrected chi connectivity index (χ2v) is 9.10. The van der Waals surface area contributed by atoms with E-state index < -0.39 is 10.0 Å². The Balaban J connectivity index is 1.61. The van der Waals surface area contributed by atoms with Crippen molar-refractivity contribution >= 4 is 21.7 Å². The summed E-state index contributed by atoms with van der Waals surface area (Å²) in [5.74, 6) is 2.41. The van der Waals surface area contributed by atoms with E-state index in [1.807, 2.05) is 13.0 Å². The smallest absolute Gasteiger partial charge is 0.240 e. The number of rotatable bonds is 9. The summed E-state index contributed by atoms with van der Waals surface area (Å²) in [6, 6.07) is 8.78. The number of ether oxygens (including phenoxy) is 1. The maximum Gasteiger partial charge on any atom is 0.240 e. The van der Waals surface area contributed by atoms with Crippen molar-refractivity contribution in [1.29, 1.82) is 0 Å². The van der Waals surface area contributed by atoms with E-state index >= 15 is 0 Å². The fourth-order valence-electron chi connectivity index (χ4n) is 3.18. The minimum absolute atomic E-state index is 0.234. The van der Waals surface area contributed by atoms with Gasteiger partial charge in [0.2, 0.25) is 10.0 Å². The number of likely N-dealkylation sites (N-methyl/N-ethyl adjacent to an activating group) is 1. The highest BCUT2D eigenvalue weighted by atomic mass is 32.2. The van der Waals surface area contributed by atoms with Crippen LogP contribution >= 0.6 is 0 Å². The first-order valence-corrected chi connectivity index (χ1v) is 11.5. The van der Waals surface area contributed by atoms with E-state index in [4.69, 9.17) is 4.74 Å². The van der Waals surface area contributed by atoms with Gasteiger partial charge in [-0.2, -0.15) is 0 Å². The Hall–Kier alpha value is -2.27. The number of piperazine rings is 1.